The second-order valence-electron chi connectivity index (χ2n) is 13.0. The van der Waals surface area contributed by atoms with Crippen LogP contribution in [-0.2, 0) is 30.7 Å². The third-order valence-electron chi connectivity index (χ3n) is 6.59. The third kappa shape index (κ3) is 10.1. The molecule has 3 heterocycles. The number of aromatic nitrogens is 3. The SMILES string of the molecule is Cc1nc(-c2ccc(CC(NS(=O)(=O)c3ccccn3)c3cccc(N(CC(=O)OC(C)(C)C)C(=O)OC(C)(C)C)n3)cc2)sc1C. The number of carbonyl (C=O) groups is 2. The highest BCUT2D eigenvalue weighted by molar-refractivity contribution is 7.89. The van der Waals surface area contributed by atoms with Crippen LogP contribution in [-0.4, -0.2) is 53.2 Å². The van der Waals surface area contributed by atoms with E-state index in [4.69, 9.17) is 9.47 Å². The number of hydrogen-bond acceptors (Lipinski definition) is 10. The van der Waals surface area contributed by atoms with Crippen molar-refractivity contribution in [3.05, 3.63) is 88.7 Å². The average molecular weight is 680 g/mol. The fraction of sp³-hybridized carbons (Fsp3) is 0.382. The molecule has 1 aromatic carbocycles. The molecule has 1 N–H and O–H groups in total. The van der Waals surface area contributed by atoms with Gasteiger partial charge in [-0.05, 0) is 91.6 Å². The van der Waals surface area contributed by atoms with Crippen LogP contribution in [0.25, 0.3) is 10.6 Å². The lowest BCUT2D eigenvalue weighted by Gasteiger charge is -2.28. The van der Waals surface area contributed by atoms with E-state index in [2.05, 4.69) is 19.7 Å². The summed E-state index contributed by atoms with van der Waals surface area (Å²) in [6, 6.07) is 16.3. The van der Waals surface area contributed by atoms with Crippen molar-refractivity contribution in [1.82, 2.24) is 19.7 Å². The first-order chi connectivity index (χ1) is 21.9. The van der Waals surface area contributed by atoms with Crippen LogP contribution in [0.15, 0.2) is 71.9 Å². The van der Waals surface area contributed by atoms with Gasteiger partial charge < -0.3 is 9.47 Å². The first-order valence-electron chi connectivity index (χ1n) is 15.1. The van der Waals surface area contributed by atoms with Gasteiger partial charge in [-0.1, -0.05) is 36.4 Å². The molecule has 0 aliphatic heterocycles. The third-order valence-corrected chi connectivity index (χ3v) is 9.10. The summed E-state index contributed by atoms with van der Waals surface area (Å²) in [5.41, 5.74) is 1.44. The quantitative estimate of drug-likeness (QED) is 0.185. The summed E-state index contributed by atoms with van der Waals surface area (Å²) in [6.45, 7) is 13.9. The molecule has 3 aromatic heterocycles. The number of esters is 1. The number of pyridine rings is 2. The van der Waals surface area contributed by atoms with Crippen molar-refractivity contribution in [3.63, 3.8) is 0 Å². The molecule has 11 nitrogen and oxygen atoms in total. The Balaban J connectivity index is 1.72. The van der Waals surface area contributed by atoms with Crippen LogP contribution in [0.1, 0.15) is 69.4 Å². The van der Waals surface area contributed by atoms with Crippen molar-refractivity contribution in [2.75, 3.05) is 11.4 Å². The highest BCUT2D eigenvalue weighted by Gasteiger charge is 2.30. The van der Waals surface area contributed by atoms with Crippen molar-refractivity contribution in [2.24, 2.45) is 0 Å². The Morgan fingerprint density at radius 2 is 1.57 bits per heavy atom. The smallest absolute Gasteiger partial charge is 0.416 e. The summed E-state index contributed by atoms with van der Waals surface area (Å²) >= 11 is 1.61. The molecule has 0 bridgehead atoms. The number of hydrogen-bond donors (Lipinski definition) is 1. The number of nitrogens with zero attached hydrogens (tertiary/aromatic N) is 4. The Labute approximate surface area is 280 Å². The number of sulfonamides is 1. The van der Waals surface area contributed by atoms with E-state index in [-0.39, 0.29) is 17.3 Å². The fourth-order valence-corrected chi connectivity index (χ4v) is 6.50. The molecule has 0 radical (unpaired) electrons. The first-order valence-corrected chi connectivity index (χ1v) is 17.4. The molecule has 0 fully saturated rings. The number of anilines is 1. The van der Waals surface area contributed by atoms with Gasteiger partial charge in [0.05, 0.1) is 17.4 Å². The number of thiazole rings is 1. The second kappa shape index (κ2) is 14.3. The first kappa shape index (κ1) is 35.7. The monoisotopic (exact) mass is 679 g/mol. The Bertz CT molecular complexity index is 1790. The van der Waals surface area contributed by atoms with Gasteiger partial charge in [0.2, 0.25) is 0 Å². The number of rotatable bonds is 10. The van der Waals surface area contributed by atoms with E-state index in [1.165, 1.54) is 12.3 Å². The molecule has 4 aromatic rings. The molecule has 1 atom stereocenters. The maximum atomic E-state index is 13.5. The van der Waals surface area contributed by atoms with Gasteiger partial charge in [0.25, 0.3) is 10.0 Å². The molecule has 1 unspecified atom stereocenters. The van der Waals surface area contributed by atoms with E-state index >= 15 is 0 Å². The number of benzene rings is 1. The van der Waals surface area contributed by atoms with Crippen LogP contribution in [0.4, 0.5) is 10.6 Å². The summed E-state index contributed by atoms with van der Waals surface area (Å²) in [6.07, 6.45) is 0.817. The van der Waals surface area contributed by atoms with Crippen LogP contribution in [0.3, 0.4) is 0 Å². The molecular formula is C34H41N5O6S2. The maximum Gasteiger partial charge on any atom is 0.416 e. The minimum Gasteiger partial charge on any atom is -0.459 e. The fourth-order valence-electron chi connectivity index (χ4n) is 4.42. The second-order valence-corrected chi connectivity index (χ2v) is 15.8. The van der Waals surface area contributed by atoms with Crippen LogP contribution >= 0.6 is 11.3 Å². The summed E-state index contributed by atoms with van der Waals surface area (Å²) in [4.78, 5) is 41.8. The molecule has 0 aliphatic rings. The zero-order valence-corrected chi connectivity index (χ0v) is 29.5. The normalized spacial score (nSPS) is 12.8. The lowest BCUT2D eigenvalue weighted by Crippen LogP contribution is -2.42. The van der Waals surface area contributed by atoms with E-state index < -0.39 is 45.9 Å². The van der Waals surface area contributed by atoms with Crippen molar-refractivity contribution in [2.45, 2.75) is 84.1 Å². The van der Waals surface area contributed by atoms with E-state index in [0.717, 1.165) is 31.6 Å². The van der Waals surface area contributed by atoms with Crippen molar-refractivity contribution in [1.29, 1.82) is 0 Å². The van der Waals surface area contributed by atoms with Crippen LogP contribution < -0.4 is 9.62 Å². The van der Waals surface area contributed by atoms with Gasteiger partial charge in [-0.25, -0.2) is 32.9 Å². The number of ether oxygens (including phenoxy) is 2. The van der Waals surface area contributed by atoms with Gasteiger partial charge in [-0.2, -0.15) is 0 Å². The minimum absolute atomic E-state index is 0.0921. The van der Waals surface area contributed by atoms with E-state index in [0.29, 0.717) is 5.69 Å². The van der Waals surface area contributed by atoms with Crippen molar-refractivity contribution < 1.29 is 27.5 Å². The molecule has 13 heteroatoms. The maximum absolute atomic E-state index is 13.5. The Morgan fingerprint density at radius 3 is 2.15 bits per heavy atom. The number of nitrogens with one attached hydrogen (secondary N) is 1. The van der Waals surface area contributed by atoms with Gasteiger partial charge in [-0.3, -0.25) is 9.69 Å². The average Bonchev–Trinajstić information content (AvgIpc) is 3.32. The summed E-state index contributed by atoms with van der Waals surface area (Å²) in [7, 11) is -4.08. The molecule has 4 rings (SSSR count). The molecule has 0 spiro atoms. The van der Waals surface area contributed by atoms with Crippen LogP contribution in [0.5, 0.6) is 0 Å². The summed E-state index contributed by atoms with van der Waals surface area (Å²) in [5.74, 6) is -0.567. The predicted molar refractivity (Wildman–Crippen MR) is 182 cm³/mol. The molecule has 250 valence electrons. The van der Waals surface area contributed by atoms with Gasteiger partial charge in [0, 0.05) is 16.6 Å². The van der Waals surface area contributed by atoms with Crippen molar-refractivity contribution >= 4 is 39.2 Å². The van der Waals surface area contributed by atoms with E-state index in [9.17, 15) is 18.0 Å². The lowest BCUT2D eigenvalue weighted by molar-refractivity contribution is -0.153. The van der Waals surface area contributed by atoms with Gasteiger partial charge in [-0.15, -0.1) is 11.3 Å². The molecular weight excluding hydrogens is 639 g/mol. The predicted octanol–water partition coefficient (Wildman–Crippen LogP) is 6.56. The van der Waals surface area contributed by atoms with Crippen LogP contribution in [0, 0.1) is 13.8 Å². The molecule has 47 heavy (non-hydrogen) atoms. The molecule has 1 amide bonds. The zero-order chi connectivity index (χ0) is 34.6. The van der Waals surface area contributed by atoms with Crippen LogP contribution in [0.2, 0.25) is 0 Å². The minimum atomic E-state index is -4.08. The zero-order valence-electron chi connectivity index (χ0n) is 27.9. The van der Waals surface area contributed by atoms with E-state index in [1.54, 1.807) is 83.2 Å². The summed E-state index contributed by atoms with van der Waals surface area (Å²) < 4.78 is 40.8. The molecule has 0 aliphatic carbocycles. The van der Waals surface area contributed by atoms with Crippen molar-refractivity contribution in [3.8, 4) is 10.6 Å². The van der Waals surface area contributed by atoms with Gasteiger partial charge in [0.15, 0.2) is 5.03 Å². The Morgan fingerprint density at radius 1 is 0.894 bits per heavy atom. The Kier molecular flexibility index (Phi) is 10.8. The summed E-state index contributed by atoms with van der Waals surface area (Å²) in [5, 5.41) is 0.756. The number of carbonyl (C=O) groups excluding carboxylic acids is 2. The van der Waals surface area contributed by atoms with Gasteiger partial charge in [0.1, 0.15) is 28.6 Å². The van der Waals surface area contributed by atoms with E-state index in [1.807, 2.05) is 38.1 Å². The largest absolute Gasteiger partial charge is 0.459 e. The standard InChI is InChI=1S/C34H41N5O6S2/c1-22-23(2)46-31(36-22)25-17-15-24(16-18-25)20-27(38-47(42,43)29-14-9-10-19-35-29)26-12-11-13-28(37-26)39(32(41)45-34(6,7)8)21-30(40)44-33(3,4)5/h9-19,27,38H,20-21H2,1-8H3. The molecule has 0 saturated heterocycles. The number of amides is 1. The highest BCUT2D eigenvalue weighted by atomic mass is 32.2. The topological polar surface area (TPSA) is 141 Å². The molecule has 0 saturated carbocycles. The van der Waals surface area contributed by atoms with Gasteiger partial charge >= 0.3 is 12.1 Å². The Hall–Kier alpha value is -4.20. The number of aryl methyl sites for hydroxylation is 2. The highest BCUT2D eigenvalue weighted by Crippen LogP contribution is 2.29. The lowest BCUT2D eigenvalue weighted by atomic mass is 10.0.